The van der Waals surface area contributed by atoms with Crippen molar-refractivity contribution in [2.24, 2.45) is 0 Å². The van der Waals surface area contributed by atoms with Gasteiger partial charge in [-0.05, 0) is 29.7 Å². The fourth-order valence-electron chi connectivity index (χ4n) is 3.44. The maximum absolute atomic E-state index is 11.9. The van der Waals surface area contributed by atoms with Crippen LogP contribution in [0.5, 0.6) is 0 Å². The highest BCUT2D eigenvalue weighted by Gasteiger charge is 2.14. The van der Waals surface area contributed by atoms with Gasteiger partial charge in [0.2, 0.25) is 0 Å². The minimum atomic E-state index is -0.321. The van der Waals surface area contributed by atoms with Gasteiger partial charge in [-0.2, -0.15) is 0 Å². The average Bonchev–Trinajstić information content (AvgIpc) is 3.33. The van der Waals surface area contributed by atoms with Crippen molar-refractivity contribution in [3.63, 3.8) is 0 Å². The van der Waals surface area contributed by atoms with Gasteiger partial charge in [0.25, 0.3) is 0 Å². The van der Waals surface area contributed by atoms with Crippen LogP contribution in [0.1, 0.15) is 21.5 Å². The van der Waals surface area contributed by atoms with E-state index in [2.05, 4.69) is 46.7 Å². The number of methoxy groups -OCH3 is 1. The Morgan fingerprint density at radius 3 is 2.39 bits per heavy atom. The number of thiazole rings is 1. The molecule has 0 amide bonds. The van der Waals surface area contributed by atoms with Gasteiger partial charge >= 0.3 is 5.97 Å². The van der Waals surface area contributed by atoms with Crippen molar-refractivity contribution in [1.82, 2.24) is 4.98 Å². The summed E-state index contributed by atoms with van der Waals surface area (Å²) in [6, 6.07) is 28.3. The van der Waals surface area contributed by atoms with Crippen molar-refractivity contribution in [3.05, 3.63) is 107 Å². The lowest BCUT2D eigenvalue weighted by molar-refractivity contribution is 0.0600. The average molecular weight is 429 g/mol. The third-order valence-electron chi connectivity index (χ3n) is 5.07. The van der Waals surface area contributed by atoms with Gasteiger partial charge in [0.05, 0.1) is 18.4 Å². The maximum atomic E-state index is 11.9. The number of hydrogen-bond donors (Lipinski definition) is 0. The predicted octanol–water partition coefficient (Wildman–Crippen LogP) is 5.85. The zero-order valence-electron chi connectivity index (χ0n) is 17.4. The van der Waals surface area contributed by atoms with Crippen LogP contribution in [0.15, 0.2) is 90.3 Å². The number of carbonyl (C=O) groups is 1. The number of ether oxygens (including phenoxy) is 1. The summed E-state index contributed by atoms with van der Waals surface area (Å²) in [6.45, 7) is 1.49. The molecule has 0 atom stereocenters. The number of anilines is 1. The van der Waals surface area contributed by atoms with Crippen molar-refractivity contribution in [3.8, 4) is 11.3 Å². The topological polar surface area (TPSA) is 42.4 Å². The lowest BCUT2D eigenvalue weighted by Crippen LogP contribution is -2.25. The van der Waals surface area contributed by atoms with Crippen LogP contribution in [0.2, 0.25) is 0 Å². The van der Waals surface area contributed by atoms with E-state index in [1.165, 1.54) is 12.7 Å². The number of nitrogens with zero attached hydrogens (tertiary/aromatic N) is 2. The van der Waals surface area contributed by atoms with E-state index in [1.54, 1.807) is 17.4 Å². The molecule has 0 radical (unpaired) electrons. The highest BCUT2D eigenvalue weighted by Crippen LogP contribution is 2.28. The van der Waals surface area contributed by atoms with Crippen molar-refractivity contribution >= 4 is 22.4 Å². The smallest absolute Gasteiger partial charge is 0.337 e. The summed E-state index contributed by atoms with van der Waals surface area (Å²) in [7, 11) is 1.40. The summed E-state index contributed by atoms with van der Waals surface area (Å²) < 4.78 is 4.88. The van der Waals surface area contributed by atoms with E-state index < -0.39 is 0 Å². The van der Waals surface area contributed by atoms with Crippen LogP contribution in [-0.2, 0) is 17.7 Å². The molecule has 0 spiro atoms. The molecule has 1 aromatic heterocycles. The third-order valence-corrected chi connectivity index (χ3v) is 5.97. The molecule has 0 aliphatic heterocycles. The molecule has 0 saturated carbocycles. The Hall–Kier alpha value is -3.44. The monoisotopic (exact) mass is 428 g/mol. The first-order valence-corrected chi connectivity index (χ1v) is 11.1. The van der Waals surface area contributed by atoms with Gasteiger partial charge in [-0.15, -0.1) is 11.3 Å². The molecule has 5 heteroatoms. The molecule has 0 aliphatic rings. The van der Waals surface area contributed by atoms with Crippen LogP contribution in [0.25, 0.3) is 11.3 Å². The minimum Gasteiger partial charge on any atom is -0.465 e. The number of aromatic nitrogens is 1. The van der Waals surface area contributed by atoms with E-state index in [1.807, 2.05) is 42.5 Å². The standard InChI is InChI=1S/C26H24N2O2S/c1-30-25(29)23-14-8-11-21(17-23)18-28(16-15-20-9-4-2-5-10-20)26-27-24(19-31-26)22-12-6-3-7-13-22/h2-14,17,19H,15-16,18H2,1H3. The second-order valence-corrected chi connectivity index (χ2v) is 8.07. The number of benzene rings is 3. The van der Waals surface area contributed by atoms with Gasteiger partial charge in [0, 0.05) is 24.0 Å². The predicted molar refractivity (Wildman–Crippen MR) is 127 cm³/mol. The van der Waals surface area contributed by atoms with Gasteiger partial charge in [-0.25, -0.2) is 9.78 Å². The van der Waals surface area contributed by atoms with Crippen molar-refractivity contribution in [1.29, 1.82) is 0 Å². The number of rotatable bonds is 8. The van der Waals surface area contributed by atoms with Crippen molar-refractivity contribution < 1.29 is 9.53 Å². The number of carbonyl (C=O) groups excluding carboxylic acids is 1. The van der Waals surface area contributed by atoms with E-state index in [-0.39, 0.29) is 5.97 Å². The molecule has 3 aromatic carbocycles. The lowest BCUT2D eigenvalue weighted by atomic mass is 10.1. The van der Waals surface area contributed by atoms with E-state index in [9.17, 15) is 4.79 Å². The summed E-state index contributed by atoms with van der Waals surface area (Å²) >= 11 is 1.65. The zero-order chi connectivity index (χ0) is 21.5. The Bertz CT molecular complexity index is 1130. The largest absolute Gasteiger partial charge is 0.465 e. The Balaban J connectivity index is 1.59. The highest BCUT2D eigenvalue weighted by molar-refractivity contribution is 7.14. The summed E-state index contributed by atoms with van der Waals surface area (Å²) in [5.74, 6) is -0.321. The Morgan fingerprint density at radius 2 is 1.65 bits per heavy atom. The molecule has 0 unspecified atom stereocenters. The second-order valence-electron chi connectivity index (χ2n) is 7.23. The molecule has 31 heavy (non-hydrogen) atoms. The van der Waals surface area contributed by atoms with Crippen molar-refractivity contribution in [2.45, 2.75) is 13.0 Å². The van der Waals surface area contributed by atoms with Crippen molar-refractivity contribution in [2.75, 3.05) is 18.6 Å². The minimum absolute atomic E-state index is 0.321. The van der Waals surface area contributed by atoms with E-state index in [0.717, 1.165) is 34.9 Å². The van der Waals surface area contributed by atoms with Crippen LogP contribution in [0.4, 0.5) is 5.13 Å². The van der Waals surface area contributed by atoms with E-state index in [0.29, 0.717) is 12.1 Å². The molecule has 0 aliphatic carbocycles. The summed E-state index contributed by atoms with van der Waals surface area (Å²) in [6.07, 6.45) is 0.914. The first kappa shape index (κ1) is 20.8. The van der Waals surface area contributed by atoms with Gasteiger partial charge in [-0.3, -0.25) is 0 Å². The highest BCUT2D eigenvalue weighted by atomic mass is 32.1. The third kappa shape index (κ3) is 5.38. The molecule has 0 saturated heterocycles. The summed E-state index contributed by atoms with van der Waals surface area (Å²) in [5.41, 5.74) is 4.99. The van der Waals surface area contributed by atoms with E-state index in [4.69, 9.17) is 9.72 Å². The fourth-order valence-corrected chi connectivity index (χ4v) is 4.30. The molecular weight excluding hydrogens is 404 g/mol. The fraction of sp³-hybridized carbons (Fsp3) is 0.154. The SMILES string of the molecule is COC(=O)c1cccc(CN(CCc2ccccc2)c2nc(-c3ccccc3)cs2)c1. The quantitative estimate of drug-likeness (QED) is 0.330. The van der Waals surface area contributed by atoms with Crippen LogP contribution < -0.4 is 4.90 Å². The molecule has 4 rings (SSSR count). The number of hydrogen-bond acceptors (Lipinski definition) is 5. The Labute approximate surface area is 186 Å². The normalized spacial score (nSPS) is 10.6. The summed E-state index contributed by atoms with van der Waals surface area (Å²) in [4.78, 5) is 19.1. The van der Waals surface area contributed by atoms with E-state index >= 15 is 0 Å². The number of esters is 1. The molecule has 4 aromatic rings. The first-order valence-electron chi connectivity index (χ1n) is 10.2. The van der Waals surface area contributed by atoms with Crippen LogP contribution in [-0.4, -0.2) is 24.6 Å². The van der Waals surface area contributed by atoms with Gasteiger partial charge in [0.1, 0.15) is 0 Å². The van der Waals surface area contributed by atoms with Gasteiger partial charge < -0.3 is 9.64 Å². The second kappa shape index (κ2) is 10.0. The molecule has 156 valence electrons. The molecule has 0 bridgehead atoms. The van der Waals surface area contributed by atoms with Crippen LogP contribution in [0.3, 0.4) is 0 Å². The molecule has 0 fully saturated rings. The zero-order valence-corrected chi connectivity index (χ0v) is 18.2. The molecular formula is C26H24N2O2S. The lowest BCUT2D eigenvalue weighted by Gasteiger charge is -2.22. The molecule has 0 N–H and O–H groups in total. The molecule has 1 heterocycles. The van der Waals surface area contributed by atoms with Crippen LogP contribution >= 0.6 is 11.3 Å². The Kier molecular flexibility index (Phi) is 6.75. The summed E-state index contributed by atoms with van der Waals surface area (Å²) in [5, 5.41) is 3.07. The first-order chi connectivity index (χ1) is 15.2. The molecule has 4 nitrogen and oxygen atoms in total. The van der Waals surface area contributed by atoms with Gasteiger partial charge in [0.15, 0.2) is 5.13 Å². The van der Waals surface area contributed by atoms with Gasteiger partial charge in [-0.1, -0.05) is 72.8 Å². The maximum Gasteiger partial charge on any atom is 0.337 e. The Morgan fingerprint density at radius 1 is 0.935 bits per heavy atom. The van der Waals surface area contributed by atoms with Crippen LogP contribution in [0, 0.1) is 0 Å².